The molecular weight excluding hydrogens is 853 g/mol. The summed E-state index contributed by atoms with van der Waals surface area (Å²) in [5.74, 6) is -1.04. The quantitative estimate of drug-likeness (QED) is 0.0262. The van der Waals surface area contributed by atoms with Crippen molar-refractivity contribution in [2.75, 3.05) is 13.2 Å². The van der Waals surface area contributed by atoms with Crippen LogP contribution in [0.4, 0.5) is 0 Å². The standard InChI is InChI=1S/C63H98O6/c1-4-7-10-13-16-19-22-25-28-31-34-37-40-43-46-49-52-55-61(64)67-58-60(69-63(66)57-54-51-48-45-42-39-36-33-30-27-24-21-18-15-12-9-6-3)59-68-62(65)56-53-50-47-44-41-38-35-32-29-26-23-20-17-14-11-8-5-2/h7-8,10-11,16-21,25-30,34-39,45,48,60H,4-6,9,12-15,22-24,31-33,40-44,46-47,49-59H2,1-3H3/b10-7-,11-8-,19-16-,20-17-,21-18-,28-25-,29-26-,30-27-,37-34-,38-35-,39-36-,48-45-. The zero-order valence-electron chi connectivity index (χ0n) is 44.0. The molecule has 386 valence electrons. The fourth-order valence-corrected chi connectivity index (χ4v) is 6.77. The maximum absolute atomic E-state index is 12.8. The first-order valence-electron chi connectivity index (χ1n) is 27.3. The van der Waals surface area contributed by atoms with Gasteiger partial charge in [0.1, 0.15) is 13.2 Å². The molecule has 0 saturated carbocycles. The van der Waals surface area contributed by atoms with Gasteiger partial charge in [-0.2, -0.15) is 0 Å². The molecule has 0 amide bonds. The molecule has 0 bridgehead atoms. The number of carbonyl (C=O) groups excluding carboxylic acids is 3. The monoisotopic (exact) mass is 951 g/mol. The second-order valence-electron chi connectivity index (χ2n) is 17.4. The first-order valence-corrected chi connectivity index (χ1v) is 27.3. The van der Waals surface area contributed by atoms with E-state index in [1.165, 1.54) is 25.7 Å². The van der Waals surface area contributed by atoms with Crippen LogP contribution in [0, 0.1) is 0 Å². The van der Waals surface area contributed by atoms with Crippen LogP contribution in [-0.4, -0.2) is 37.2 Å². The Kier molecular flexibility index (Phi) is 52.1. The number of carbonyl (C=O) groups is 3. The van der Waals surface area contributed by atoms with E-state index in [-0.39, 0.29) is 37.5 Å². The Balaban J connectivity index is 4.60. The molecule has 0 N–H and O–H groups in total. The molecule has 0 radical (unpaired) electrons. The minimum Gasteiger partial charge on any atom is -0.462 e. The van der Waals surface area contributed by atoms with Gasteiger partial charge in [-0.05, 0) is 135 Å². The van der Waals surface area contributed by atoms with Crippen LogP contribution in [0.3, 0.4) is 0 Å². The first kappa shape index (κ1) is 64.3. The third-order valence-electron chi connectivity index (χ3n) is 10.8. The van der Waals surface area contributed by atoms with Crippen molar-refractivity contribution in [3.8, 4) is 0 Å². The number of ether oxygens (including phenoxy) is 3. The van der Waals surface area contributed by atoms with Gasteiger partial charge >= 0.3 is 17.9 Å². The predicted octanol–water partition coefficient (Wildman–Crippen LogP) is 18.4. The average Bonchev–Trinajstić information content (AvgIpc) is 3.35. The Labute approximate surface area is 423 Å². The summed E-state index contributed by atoms with van der Waals surface area (Å²) in [4.78, 5) is 38.1. The van der Waals surface area contributed by atoms with Gasteiger partial charge < -0.3 is 14.2 Å². The molecule has 0 rings (SSSR count). The molecule has 0 aromatic carbocycles. The normalized spacial score (nSPS) is 12.9. The van der Waals surface area contributed by atoms with E-state index in [1.54, 1.807) is 0 Å². The highest BCUT2D eigenvalue weighted by Gasteiger charge is 2.19. The van der Waals surface area contributed by atoms with Gasteiger partial charge in [0, 0.05) is 19.3 Å². The van der Waals surface area contributed by atoms with Crippen molar-refractivity contribution >= 4 is 17.9 Å². The van der Waals surface area contributed by atoms with Crippen molar-refractivity contribution in [3.05, 3.63) is 146 Å². The molecule has 0 aromatic rings. The summed E-state index contributed by atoms with van der Waals surface area (Å²) in [6.07, 6.45) is 79.8. The Morgan fingerprint density at radius 1 is 0.304 bits per heavy atom. The van der Waals surface area contributed by atoms with E-state index in [9.17, 15) is 14.4 Å². The van der Waals surface area contributed by atoms with Crippen LogP contribution < -0.4 is 0 Å². The summed E-state index contributed by atoms with van der Waals surface area (Å²) in [7, 11) is 0. The van der Waals surface area contributed by atoms with E-state index >= 15 is 0 Å². The molecule has 0 aliphatic carbocycles. The van der Waals surface area contributed by atoms with Crippen LogP contribution in [0.25, 0.3) is 0 Å². The molecule has 0 aliphatic rings. The summed E-state index contributed by atoms with van der Waals surface area (Å²) in [6, 6.07) is 0. The van der Waals surface area contributed by atoms with Gasteiger partial charge in [0.2, 0.25) is 0 Å². The second-order valence-corrected chi connectivity index (χ2v) is 17.4. The lowest BCUT2D eigenvalue weighted by molar-refractivity contribution is -0.167. The van der Waals surface area contributed by atoms with Gasteiger partial charge in [0.25, 0.3) is 0 Å². The fraction of sp³-hybridized carbons (Fsp3) is 0.571. The van der Waals surface area contributed by atoms with Crippen molar-refractivity contribution in [2.24, 2.45) is 0 Å². The van der Waals surface area contributed by atoms with Crippen LogP contribution in [0.5, 0.6) is 0 Å². The molecule has 6 nitrogen and oxygen atoms in total. The minimum absolute atomic E-state index is 0.127. The van der Waals surface area contributed by atoms with Crippen LogP contribution in [0.1, 0.15) is 213 Å². The Bertz CT molecular complexity index is 1480. The van der Waals surface area contributed by atoms with E-state index in [2.05, 4.69) is 167 Å². The zero-order chi connectivity index (χ0) is 50.0. The molecule has 69 heavy (non-hydrogen) atoms. The van der Waals surface area contributed by atoms with Crippen molar-refractivity contribution < 1.29 is 28.6 Å². The Hall–Kier alpha value is -4.71. The minimum atomic E-state index is -0.834. The maximum atomic E-state index is 12.8. The molecule has 0 heterocycles. The van der Waals surface area contributed by atoms with E-state index in [0.717, 1.165) is 141 Å². The SMILES string of the molecule is CC/C=C\C/C=C\C/C=C\C/C=C\CCCCCCC(=O)OCC(COC(=O)CCCCCC/C=C\C/C=C\C/C=C\C/C=C\CC)OC(=O)CCC/C=C\C/C=C\C/C=C\C/C=C\CCCCC. The van der Waals surface area contributed by atoms with E-state index in [4.69, 9.17) is 14.2 Å². The summed E-state index contributed by atoms with van der Waals surface area (Å²) >= 11 is 0. The van der Waals surface area contributed by atoms with E-state index < -0.39 is 6.10 Å². The van der Waals surface area contributed by atoms with Crippen molar-refractivity contribution in [2.45, 2.75) is 219 Å². The molecule has 0 aromatic heterocycles. The number of allylic oxidation sites excluding steroid dienone is 24. The van der Waals surface area contributed by atoms with Gasteiger partial charge in [-0.25, -0.2) is 0 Å². The largest absolute Gasteiger partial charge is 0.462 e. The summed E-state index contributed by atoms with van der Waals surface area (Å²) in [6.45, 7) is 6.28. The topological polar surface area (TPSA) is 78.9 Å². The van der Waals surface area contributed by atoms with Crippen molar-refractivity contribution in [1.29, 1.82) is 0 Å². The maximum Gasteiger partial charge on any atom is 0.306 e. The average molecular weight is 951 g/mol. The van der Waals surface area contributed by atoms with Gasteiger partial charge in [-0.1, -0.05) is 205 Å². The Morgan fingerprint density at radius 2 is 0.580 bits per heavy atom. The lowest BCUT2D eigenvalue weighted by Gasteiger charge is -2.18. The smallest absolute Gasteiger partial charge is 0.306 e. The van der Waals surface area contributed by atoms with Crippen LogP contribution in [-0.2, 0) is 28.6 Å². The molecular formula is C63H98O6. The van der Waals surface area contributed by atoms with Gasteiger partial charge in [-0.3, -0.25) is 14.4 Å². The first-order chi connectivity index (χ1) is 34.0. The van der Waals surface area contributed by atoms with E-state index in [1.807, 2.05) is 0 Å². The number of esters is 3. The molecule has 0 aliphatic heterocycles. The summed E-state index contributed by atoms with van der Waals surface area (Å²) < 4.78 is 16.7. The van der Waals surface area contributed by atoms with Crippen molar-refractivity contribution in [3.63, 3.8) is 0 Å². The summed E-state index contributed by atoms with van der Waals surface area (Å²) in [5.41, 5.74) is 0. The third-order valence-corrected chi connectivity index (χ3v) is 10.8. The number of hydrogen-bond donors (Lipinski definition) is 0. The van der Waals surface area contributed by atoms with E-state index in [0.29, 0.717) is 19.3 Å². The van der Waals surface area contributed by atoms with Gasteiger partial charge in [0.05, 0.1) is 0 Å². The highest BCUT2D eigenvalue weighted by atomic mass is 16.6. The molecule has 0 unspecified atom stereocenters. The van der Waals surface area contributed by atoms with Gasteiger partial charge in [-0.15, -0.1) is 0 Å². The molecule has 6 heteroatoms. The zero-order valence-corrected chi connectivity index (χ0v) is 44.0. The lowest BCUT2D eigenvalue weighted by Crippen LogP contribution is -2.30. The number of unbranched alkanes of at least 4 members (excludes halogenated alkanes) is 12. The van der Waals surface area contributed by atoms with Crippen LogP contribution >= 0.6 is 0 Å². The molecule has 0 spiro atoms. The summed E-state index contributed by atoms with van der Waals surface area (Å²) in [5, 5.41) is 0. The number of hydrogen-bond acceptors (Lipinski definition) is 6. The highest BCUT2D eigenvalue weighted by molar-refractivity contribution is 5.71. The number of rotatable bonds is 47. The molecule has 0 saturated heterocycles. The lowest BCUT2D eigenvalue weighted by atomic mass is 10.1. The Morgan fingerprint density at radius 3 is 0.913 bits per heavy atom. The molecule has 0 atom stereocenters. The fourth-order valence-electron chi connectivity index (χ4n) is 6.77. The van der Waals surface area contributed by atoms with Gasteiger partial charge in [0.15, 0.2) is 6.10 Å². The molecule has 0 fully saturated rings. The van der Waals surface area contributed by atoms with Crippen LogP contribution in [0.15, 0.2) is 146 Å². The second kappa shape index (κ2) is 55.9. The third kappa shape index (κ3) is 54.1. The van der Waals surface area contributed by atoms with Crippen molar-refractivity contribution in [1.82, 2.24) is 0 Å². The predicted molar refractivity (Wildman–Crippen MR) is 297 cm³/mol. The highest BCUT2D eigenvalue weighted by Crippen LogP contribution is 2.11. The van der Waals surface area contributed by atoms with Crippen LogP contribution in [0.2, 0.25) is 0 Å².